The largest absolute Gasteiger partial charge is 0.464 e. The number of benzene rings is 1. The third kappa shape index (κ3) is 3.17. The van der Waals surface area contributed by atoms with E-state index in [4.69, 9.17) is 11.6 Å². The highest BCUT2D eigenvalue weighted by Gasteiger charge is 2.08. The molecule has 0 aliphatic carbocycles. The monoisotopic (exact) mass is 281 g/mol. The Morgan fingerprint density at radius 2 is 2.16 bits per heavy atom. The number of hydrogen-bond donors (Lipinski definition) is 1. The standard InChI is InChI=1S/C12H9ClFN3O2/c1-19-12(18)10-5-16-11(6-15-10)17-9-4-7(14)2-3-8(9)13/h2-6H,1H3,(H,16,17). The predicted octanol–water partition coefficient (Wildman–Crippen LogP) is 2.80. The molecule has 0 aliphatic heterocycles. The van der Waals surface area contributed by atoms with Gasteiger partial charge in [0.1, 0.15) is 11.6 Å². The van der Waals surface area contributed by atoms with Gasteiger partial charge in [0, 0.05) is 0 Å². The van der Waals surface area contributed by atoms with Gasteiger partial charge in [0.15, 0.2) is 5.69 Å². The first-order valence-electron chi connectivity index (χ1n) is 5.22. The second kappa shape index (κ2) is 5.62. The molecule has 7 heteroatoms. The maximum Gasteiger partial charge on any atom is 0.358 e. The quantitative estimate of drug-likeness (QED) is 0.877. The molecule has 0 unspecified atom stereocenters. The van der Waals surface area contributed by atoms with Gasteiger partial charge in [-0.2, -0.15) is 0 Å². The van der Waals surface area contributed by atoms with E-state index < -0.39 is 11.8 Å². The van der Waals surface area contributed by atoms with E-state index in [1.165, 1.54) is 37.7 Å². The first kappa shape index (κ1) is 13.2. The van der Waals surface area contributed by atoms with Crippen molar-refractivity contribution < 1.29 is 13.9 Å². The second-order valence-corrected chi connectivity index (χ2v) is 3.93. The number of hydrogen-bond acceptors (Lipinski definition) is 5. The van der Waals surface area contributed by atoms with E-state index in [0.717, 1.165) is 0 Å². The Morgan fingerprint density at radius 3 is 2.79 bits per heavy atom. The van der Waals surface area contributed by atoms with E-state index >= 15 is 0 Å². The summed E-state index contributed by atoms with van der Waals surface area (Å²) in [5.41, 5.74) is 0.445. The van der Waals surface area contributed by atoms with Crippen LogP contribution in [-0.2, 0) is 4.74 Å². The fourth-order valence-corrected chi connectivity index (χ4v) is 1.50. The fraction of sp³-hybridized carbons (Fsp3) is 0.0833. The third-order valence-corrected chi connectivity index (χ3v) is 2.57. The molecule has 1 aromatic heterocycles. The van der Waals surface area contributed by atoms with Crippen molar-refractivity contribution in [2.24, 2.45) is 0 Å². The molecular weight excluding hydrogens is 273 g/mol. The molecule has 19 heavy (non-hydrogen) atoms. The molecule has 1 heterocycles. The number of carbonyl (C=O) groups excluding carboxylic acids is 1. The normalized spacial score (nSPS) is 10.1. The SMILES string of the molecule is COC(=O)c1cnc(Nc2cc(F)ccc2Cl)cn1. The number of methoxy groups -OCH3 is 1. The maximum atomic E-state index is 13.1. The van der Waals surface area contributed by atoms with Crippen LogP contribution in [0.5, 0.6) is 0 Å². The molecule has 0 atom stereocenters. The Balaban J connectivity index is 2.19. The number of carbonyl (C=O) groups is 1. The molecule has 0 spiro atoms. The summed E-state index contributed by atoms with van der Waals surface area (Å²) in [4.78, 5) is 19.0. The van der Waals surface area contributed by atoms with E-state index in [2.05, 4.69) is 20.0 Å². The lowest BCUT2D eigenvalue weighted by molar-refractivity contribution is 0.0593. The van der Waals surface area contributed by atoms with E-state index in [0.29, 0.717) is 16.5 Å². The summed E-state index contributed by atoms with van der Waals surface area (Å²) in [7, 11) is 1.25. The molecule has 0 aliphatic rings. The van der Waals surface area contributed by atoms with Gasteiger partial charge >= 0.3 is 5.97 Å². The number of nitrogens with zero attached hydrogens (tertiary/aromatic N) is 2. The molecule has 2 rings (SSSR count). The fourth-order valence-electron chi connectivity index (χ4n) is 1.33. The summed E-state index contributed by atoms with van der Waals surface area (Å²) in [5, 5.41) is 3.15. The Hall–Kier alpha value is -2.21. The van der Waals surface area contributed by atoms with Crippen molar-refractivity contribution >= 4 is 29.1 Å². The molecule has 0 saturated carbocycles. The molecule has 1 aromatic carbocycles. The van der Waals surface area contributed by atoms with Crippen molar-refractivity contribution in [3.05, 3.63) is 47.1 Å². The smallest absolute Gasteiger partial charge is 0.358 e. The molecule has 98 valence electrons. The molecule has 0 fully saturated rings. The zero-order valence-electron chi connectivity index (χ0n) is 9.85. The molecular formula is C12H9ClFN3O2. The summed E-state index contributed by atoms with van der Waals surface area (Å²) < 4.78 is 17.6. The van der Waals surface area contributed by atoms with Crippen molar-refractivity contribution in [2.45, 2.75) is 0 Å². The van der Waals surface area contributed by atoms with Gasteiger partial charge in [0.25, 0.3) is 0 Å². The zero-order chi connectivity index (χ0) is 13.8. The van der Waals surface area contributed by atoms with Gasteiger partial charge in [0.05, 0.1) is 30.2 Å². The van der Waals surface area contributed by atoms with Crippen LogP contribution in [0.15, 0.2) is 30.6 Å². The highest BCUT2D eigenvalue weighted by Crippen LogP contribution is 2.24. The lowest BCUT2D eigenvalue weighted by Gasteiger charge is -2.07. The van der Waals surface area contributed by atoms with Crippen molar-refractivity contribution in [1.82, 2.24) is 9.97 Å². The van der Waals surface area contributed by atoms with Crippen LogP contribution in [0.25, 0.3) is 0 Å². The first-order chi connectivity index (χ1) is 9.10. The number of anilines is 2. The second-order valence-electron chi connectivity index (χ2n) is 3.53. The lowest BCUT2D eigenvalue weighted by atomic mass is 10.3. The Bertz CT molecular complexity index is 604. The number of aromatic nitrogens is 2. The zero-order valence-corrected chi connectivity index (χ0v) is 10.6. The number of nitrogens with one attached hydrogen (secondary N) is 1. The third-order valence-electron chi connectivity index (χ3n) is 2.24. The minimum absolute atomic E-state index is 0.0818. The average molecular weight is 282 g/mol. The van der Waals surface area contributed by atoms with Gasteiger partial charge in [-0.1, -0.05) is 11.6 Å². The van der Waals surface area contributed by atoms with Crippen LogP contribution in [0.4, 0.5) is 15.9 Å². The predicted molar refractivity (Wildman–Crippen MR) is 68.1 cm³/mol. The van der Waals surface area contributed by atoms with Crippen molar-refractivity contribution in [3.8, 4) is 0 Å². The number of ether oxygens (including phenoxy) is 1. The van der Waals surface area contributed by atoms with Gasteiger partial charge in [-0.25, -0.2) is 19.2 Å². The number of rotatable bonds is 3. The summed E-state index contributed by atoms with van der Waals surface area (Å²) in [5.74, 6) is -0.672. The maximum absolute atomic E-state index is 13.1. The van der Waals surface area contributed by atoms with Crippen LogP contribution < -0.4 is 5.32 Å². The molecule has 2 aromatic rings. The molecule has 5 nitrogen and oxygen atoms in total. The molecule has 1 N–H and O–H groups in total. The molecule has 0 bridgehead atoms. The van der Waals surface area contributed by atoms with Gasteiger partial charge < -0.3 is 10.1 Å². The van der Waals surface area contributed by atoms with E-state index in [1.54, 1.807) is 0 Å². The van der Waals surface area contributed by atoms with Gasteiger partial charge in [-0.05, 0) is 18.2 Å². The summed E-state index contributed by atoms with van der Waals surface area (Å²) in [6.45, 7) is 0. The summed E-state index contributed by atoms with van der Waals surface area (Å²) in [6, 6.07) is 3.91. The highest BCUT2D eigenvalue weighted by molar-refractivity contribution is 6.33. The van der Waals surface area contributed by atoms with Crippen LogP contribution in [0.2, 0.25) is 5.02 Å². The minimum Gasteiger partial charge on any atom is -0.464 e. The van der Waals surface area contributed by atoms with E-state index in [1.807, 2.05) is 0 Å². The number of halogens is 2. The van der Waals surface area contributed by atoms with Gasteiger partial charge in [-0.15, -0.1) is 0 Å². The highest BCUT2D eigenvalue weighted by atomic mass is 35.5. The molecule has 0 saturated heterocycles. The van der Waals surface area contributed by atoms with Crippen molar-refractivity contribution in [3.63, 3.8) is 0 Å². The Kier molecular flexibility index (Phi) is 3.91. The van der Waals surface area contributed by atoms with Crippen LogP contribution in [0, 0.1) is 5.82 Å². The van der Waals surface area contributed by atoms with E-state index in [-0.39, 0.29) is 5.69 Å². The van der Waals surface area contributed by atoms with Gasteiger partial charge in [-0.3, -0.25) is 0 Å². The summed E-state index contributed by atoms with van der Waals surface area (Å²) >= 11 is 5.90. The number of esters is 1. The Morgan fingerprint density at radius 1 is 1.37 bits per heavy atom. The molecule has 0 radical (unpaired) electrons. The van der Waals surface area contributed by atoms with Crippen molar-refractivity contribution in [1.29, 1.82) is 0 Å². The topological polar surface area (TPSA) is 64.1 Å². The van der Waals surface area contributed by atoms with Crippen LogP contribution in [-0.4, -0.2) is 23.0 Å². The van der Waals surface area contributed by atoms with Gasteiger partial charge in [0.2, 0.25) is 0 Å². The lowest BCUT2D eigenvalue weighted by Crippen LogP contribution is -2.05. The van der Waals surface area contributed by atoms with Crippen LogP contribution in [0.3, 0.4) is 0 Å². The van der Waals surface area contributed by atoms with Crippen LogP contribution in [0.1, 0.15) is 10.5 Å². The van der Waals surface area contributed by atoms with Crippen LogP contribution >= 0.6 is 11.6 Å². The Labute approximate surface area is 113 Å². The van der Waals surface area contributed by atoms with Crippen molar-refractivity contribution in [2.75, 3.05) is 12.4 Å². The summed E-state index contributed by atoms with van der Waals surface area (Å²) in [6.07, 6.45) is 2.58. The van der Waals surface area contributed by atoms with E-state index in [9.17, 15) is 9.18 Å². The first-order valence-corrected chi connectivity index (χ1v) is 5.60. The molecule has 0 amide bonds. The average Bonchev–Trinajstić information content (AvgIpc) is 2.43. The minimum atomic E-state index is -0.581.